The summed E-state index contributed by atoms with van der Waals surface area (Å²) in [6.45, 7) is 0.348. The predicted molar refractivity (Wildman–Crippen MR) is 66.6 cm³/mol. The first-order valence-corrected chi connectivity index (χ1v) is 5.40. The van der Waals surface area contributed by atoms with Crippen LogP contribution < -0.4 is 9.47 Å². The average Bonchev–Trinajstić information content (AvgIpc) is 2.42. The molecule has 0 aromatic heterocycles. The van der Waals surface area contributed by atoms with E-state index >= 15 is 0 Å². The fourth-order valence-corrected chi connectivity index (χ4v) is 1.44. The maximum absolute atomic E-state index is 10.7. The molecule has 0 aliphatic rings. The van der Waals surface area contributed by atoms with E-state index in [4.69, 9.17) is 9.84 Å². The summed E-state index contributed by atoms with van der Waals surface area (Å²) in [6, 6.07) is 12.5. The normalized spacial score (nSPS) is 9.68. The monoisotopic (exact) mass is 258 g/mol. The number of benzene rings is 2. The lowest BCUT2D eigenvalue weighted by Gasteiger charge is -2.06. The Labute approximate surface area is 109 Å². The van der Waals surface area contributed by atoms with Crippen molar-refractivity contribution in [3.63, 3.8) is 0 Å². The molecule has 0 saturated carbocycles. The van der Waals surface area contributed by atoms with Crippen molar-refractivity contribution in [2.75, 3.05) is 0 Å². The van der Waals surface area contributed by atoms with Gasteiger partial charge in [0, 0.05) is 0 Å². The fourth-order valence-electron chi connectivity index (χ4n) is 1.44. The topological polar surface area (TPSA) is 72.8 Å². The predicted octanol–water partition coefficient (Wildman–Crippen LogP) is 2.71. The van der Waals surface area contributed by atoms with Gasteiger partial charge in [0.15, 0.2) is 0 Å². The standard InChI is InChI=1S/C14H10O5/c15-9-18-11-5-7-13(8-6-11)19-12-3-1-10(2-4-12)14(16)17/h1-9H,(H,16,17). The Morgan fingerprint density at radius 3 is 1.84 bits per heavy atom. The van der Waals surface area contributed by atoms with Gasteiger partial charge in [-0.15, -0.1) is 0 Å². The van der Waals surface area contributed by atoms with Crippen LogP contribution in [0.15, 0.2) is 48.5 Å². The van der Waals surface area contributed by atoms with Crippen LogP contribution in [-0.2, 0) is 4.79 Å². The van der Waals surface area contributed by atoms with E-state index in [1.54, 1.807) is 36.4 Å². The summed E-state index contributed by atoms with van der Waals surface area (Å²) in [5.74, 6) is 0.515. The van der Waals surface area contributed by atoms with E-state index < -0.39 is 5.97 Å². The Morgan fingerprint density at radius 2 is 1.37 bits per heavy atom. The molecule has 0 fully saturated rings. The van der Waals surface area contributed by atoms with Crippen molar-refractivity contribution in [3.05, 3.63) is 54.1 Å². The van der Waals surface area contributed by atoms with E-state index in [2.05, 4.69) is 4.74 Å². The third kappa shape index (κ3) is 3.32. The lowest BCUT2D eigenvalue weighted by Crippen LogP contribution is -1.95. The number of carboxylic acids is 1. The van der Waals surface area contributed by atoms with Gasteiger partial charge in [-0.05, 0) is 48.5 Å². The Kier molecular flexibility index (Phi) is 3.78. The Morgan fingerprint density at radius 1 is 0.895 bits per heavy atom. The van der Waals surface area contributed by atoms with Crippen molar-refractivity contribution in [1.82, 2.24) is 0 Å². The maximum atomic E-state index is 10.7. The highest BCUT2D eigenvalue weighted by atomic mass is 16.5. The van der Waals surface area contributed by atoms with E-state index in [1.807, 2.05) is 0 Å². The van der Waals surface area contributed by atoms with Gasteiger partial charge in [-0.1, -0.05) is 0 Å². The van der Waals surface area contributed by atoms with E-state index in [1.165, 1.54) is 12.1 Å². The van der Waals surface area contributed by atoms with Crippen molar-refractivity contribution in [3.8, 4) is 17.2 Å². The van der Waals surface area contributed by atoms with Crippen molar-refractivity contribution >= 4 is 12.4 Å². The summed E-state index contributed by atoms with van der Waals surface area (Å²) < 4.78 is 10.2. The lowest BCUT2D eigenvalue weighted by atomic mass is 10.2. The van der Waals surface area contributed by atoms with Crippen LogP contribution in [0.2, 0.25) is 0 Å². The van der Waals surface area contributed by atoms with Gasteiger partial charge >= 0.3 is 5.97 Å². The molecule has 0 amide bonds. The van der Waals surface area contributed by atoms with Crippen molar-refractivity contribution in [2.45, 2.75) is 0 Å². The van der Waals surface area contributed by atoms with Crippen LogP contribution in [0.1, 0.15) is 10.4 Å². The van der Waals surface area contributed by atoms with E-state index in [0.29, 0.717) is 23.7 Å². The van der Waals surface area contributed by atoms with Crippen LogP contribution in [0.5, 0.6) is 17.2 Å². The molecular weight excluding hydrogens is 248 g/mol. The Bertz CT molecular complexity index is 572. The van der Waals surface area contributed by atoms with Gasteiger partial charge in [0.25, 0.3) is 6.47 Å². The lowest BCUT2D eigenvalue weighted by molar-refractivity contribution is -0.120. The molecule has 2 aromatic carbocycles. The fraction of sp³-hybridized carbons (Fsp3) is 0. The Balaban J connectivity index is 2.07. The molecule has 0 unspecified atom stereocenters. The minimum absolute atomic E-state index is 0.196. The summed E-state index contributed by atoms with van der Waals surface area (Å²) in [5, 5.41) is 8.76. The van der Waals surface area contributed by atoms with Gasteiger partial charge in [-0.25, -0.2) is 4.79 Å². The van der Waals surface area contributed by atoms with Crippen molar-refractivity contribution in [2.24, 2.45) is 0 Å². The highest BCUT2D eigenvalue weighted by molar-refractivity contribution is 5.87. The number of hydrogen-bond acceptors (Lipinski definition) is 4. The number of carboxylic acid groups (broad SMARTS) is 1. The van der Waals surface area contributed by atoms with Gasteiger partial charge in [0.05, 0.1) is 5.56 Å². The number of ether oxygens (including phenoxy) is 2. The first-order chi connectivity index (χ1) is 9.19. The number of aromatic carboxylic acids is 1. The van der Waals surface area contributed by atoms with Crippen LogP contribution >= 0.6 is 0 Å². The molecule has 2 aromatic rings. The van der Waals surface area contributed by atoms with E-state index in [0.717, 1.165) is 0 Å². The Hall–Kier alpha value is -2.82. The number of carbonyl (C=O) groups is 2. The van der Waals surface area contributed by atoms with Crippen molar-refractivity contribution in [1.29, 1.82) is 0 Å². The first-order valence-electron chi connectivity index (χ1n) is 5.40. The number of rotatable bonds is 5. The third-order valence-corrected chi connectivity index (χ3v) is 2.34. The highest BCUT2D eigenvalue weighted by Gasteiger charge is 2.03. The van der Waals surface area contributed by atoms with Crippen LogP contribution in [0.4, 0.5) is 0 Å². The smallest absolute Gasteiger partial charge is 0.335 e. The molecule has 0 spiro atoms. The summed E-state index contributed by atoms with van der Waals surface area (Å²) in [5.41, 5.74) is 0.196. The molecule has 0 aliphatic heterocycles. The molecule has 0 radical (unpaired) electrons. The molecule has 0 saturated heterocycles. The molecule has 19 heavy (non-hydrogen) atoms. The molecule has 1 N–H and O–H groups in total. The molecule has 2 rings (SSSR count). The van der Waals surface area contributed by atoms with Crippen LogP contribution in [-0.4, -0.2) is 17.5 Å². The molecule has 5 heteroatoms. The summed E-state index contributed by atoms with van der Waals surface area (Å²) in [6.07, 6.45) is 0. The van der Waals surface area contributed by atoms with Gasteiger partial charge in [0.1, 0.15) is 17.2 Å². The molecule has 0 aliphatic carbocycles. The second-order valence-electron chi connectivity index (χ2n) is 3.62. The van der Waals surface area contributed by atoms with Gasteiger partial charge < -0.3 is 14.6 Å². The average molecular weight is 258 g/mol. The van der Waals surface area contributed by atoms with Crippen molar-refractivity contribution < 1.29 is 24.2 Å². The molecule has 0 bridgehead atoms. The second-order valence-corrected chi connectivity index (χ2v) is 3.62. The zero-order valence-electron chi connectivity index (χ0n) is 9.78. The zero-order valence-corrected chi connectivity index (χ0v) is 9.78. The minimum atomic E-state index is -0.984. The minimum Gasteiger partial charge on any atom is -0.478 e. The van der Waals surface area contributed by atoms with E-state index in [9.17, 15) is 9.59 Å². The van der Waals surface area contributed by atoms with Gasteiger partial charge in [-0.2, -0.15) is 0 Å². The zero-order chi connectivity index (χ0) is 13.7. The molecule has 0 heterocycles. The van der Waals surface area contributed by atoms with E-state index in [-0.39, 0.29) is 5.56 Å². The SMILES string of the molecule is O=COc1ccc(Oc2ccc(C(=O)O)cc2)cc1. The van der Waals surface area contributed by atoms with Crippen LogP contribution in [0, 0.1) is 0 Å². The molecule has 5 nitrogen and oxygen atoms in total. The summed E-state index contributed by atoms with van der Waals surface area (Å²) >= 11 is 0. The van der Waals surface area contributed by atoms with Gasteiger partial charge in [0.2, 0.25) is 0 Å². The molecule has 96 valence electrons. The van der Waals surface area contributed by atoms with Gasteiger partial charge in [-0.3, -0.25) is 4.79 Å². The first kappa shape index (κ1) is 12.6. The number of hydrogen-bond donors (Lipinski definition) is 1. The quantitative estimate of drug-likeness (QED) is 0.835. The third-order valence-electron chi connectivity index (χ3n) is 2.34. The van der Waals surface area contributed by atoms with Crippen LogP contribution in [0.3, 0.4) is 0 Å². The molecular formula is C14H10O5. The summed E-state index contributed by atoms with van der Waals surface area (Å²) in [4.78, 5) is 20.8. The largest absolute Gasteiger partial charge is 0.478 e. The maximum Gasteiger partial charge on any atom is 0.335 e. The number of carbonyl (C=O) groups excluding carboxylic acids is 1. The highest BCUT2D eigenvalue weighted by Crippen LogP contribution is 2.23. The second kappa shape index (κ2) is 5.68. The van der Waals surface area contributed by atoms with Crippen LogP contribution in [0.25, 0.3) is 0 Å². The molecule has 0 atom stereocenters. The summed E-state index contributed by atoms with van der Waals surface area (Å²) in [7, 11) is 0.